The van der Waals surface area contributed by atoms with E-state index in [0.29, 0.717) is 31.1 Å². The van der Waals surface area contributed by atoms with Gasteiger partial charge in [0.05, 0.1) is 5.56 Å². The standard InChI is InChI=1S/C18H21FN4O2S/c1-2-5-15-21-22-18(26-15)20-16(24)12-8-10-23(11-9-12)17(25)13-6-3-4-7-14(13)19/h3-4,6-7,12H,2,5,8-11H2,1H3,(H,20,22,24). The van der Waals surface area contributed by atoms with Gasteiger partial charge in [0.1, 0.15) is 10.8 Å². The van der Waals surface area contributed by atoms with Crippen LogP contribution in [0.3, 0.4) is 0 Å². The molecule has 8 heteroatoms. The molecule has 2 aromatic rings. The van der Waals surface area contributed by atoms with Crippen LogP contribution in [0.25, 0.3) is 0 Å². The first-order chi connectivity index (χ1) is 12.6. The predicted molar refractivity (Wildman–Crippen MR) is 97.6 cm³/mol. The number of nitrogens with zero attached hydrogens (tertiary/aromatic N) is 3. The minimum absolute atomic E-state index is 0.0766. The summed E-state index contributed by atoms with van der Waals surface area (Å²) in [5.41, 5.74) is 0.0766. The zero-order chi connectivity index (χ0) is 18.5. The van der Waals surface area contributed by atoms with Crippen LogP contribution in [0.1, 0.15) is 41.6 Å². The van der Waals surface area contributed by atoms with Crippen LogP contribution in [0, 0.1) is 11.7 Å². The number of aryl methyl sites for hydroxylation is 1. The number of anilines is 1. The molecule has 3 rings (SSSR count). The number of aromatic nitrogens is 2. The van der Waals surface area contributed by atoms with Gasteiger partial charge in [-0.2, -0.15) is 0 Å². The summed E-state index contributed by atoms with van der Waals surface area (Å²) < 4.78 is 13.8. The Kier molecular flexibility index (Phi) is 5.92. The van der Waals surface area contributed by atoms with Crippen LogP contribution in [-0.2, 0) is 11.2 Å². The topological polar surface area (TPSA) is 75.2 Å². The van der Waals surface area contributed by atoms with Crippen molar-refractivity contribution in [2.24, 2.45) is 5.92 Å². The summed E-state index contributed by atoms with van der Waals surface area (Å²) in [5, 5.41) is 12.3. The van der Waals surface area contributed by atoms with E-state index < -0.39 is 5.82 Å². The quantitative estimate of drug-likeness (QED) is 0.870. The highest BCUT2D eigenvalue weighted by Gasteiger charge is 2.29. The Labute approximate surface area is 155 Å². The molecule has 6 nitrogen and oxygen atoms in total. The Morgan fingerprint density at radius 2 is 2.00 bits per heavy atom. The number of amides is 2. The number of nitrogens with one attached hydrogen (secondary N) is 1. The fourth-order valence-electron chi connectivity index (χ4n) is 2.98. The van der Waals surface area contributed by atoms with Gasteiger partial charge in [0.25, 0.3) is 5.91 Å². The normalized spacial score (nSPS) is 15.1. The SMILES string of the molecule is CCCc1nnc(NC(=O)C2CCN(C(=O)c3ccccc3F)CC2)s1. The summed E-state index contributed by atoms with van der Waals surface area (Å²) in [4.78, 5) is 26.4. The smallest absolute Gasteiger partial charge is 0.256 e. The lowest BCUT2D eigenvalue weighted by Crippen LogP contribution is -2.41. The molecule has 0 unspecified atom stereocenters. The molecule has 1 N–H and O–H groups in total. The maximum atomic E-state index is 13.8. The lowest BCUT2D eigenvalue weighted by Gasteiger charge is -2.31. The Balaban J connectivity index is 1.53. The van der Waals surface area contributed by atoms with Crippen molar-refractivity contribution >= 4 is 28.3 Å². The van der Waals surface area contributed by atoms with E-state index >= 15 is 0 Å². The first kappa shape index (κ1) is 18.4. The predicted octanol–water partition coefficient (Wildman–Crippen LogP) is 3.12. The zero-order valence-electron chi connectivity index (χ0n) is 14.6. The minimum Gasteiger partial charge on any atom is -0.339 e. The number of likely N-dealkylation sites (tertiary alicyclic amines) is 1. The maximum Gasteiger partial charge on any atom is 0.256 e. The van der Waals surface area contributed by atoms with Crippen molar-refractivity contribution in [3.8, 4) is 0 Å². The monoisotopic (exact) mass is 376 g/mol. The molecule has 0 spiro atoms. The Morgan fingerprint density at radius 1 is 1.27 bits per heavy atom. The van der Waals surface area contributed by atoms with E-state index in [0.717, 1.165) is 17.8 Å². The van der Waals surface area contributed by atoms with Gasteiger partial charge in [-0.05, 0) is 31.4 Å². The molecular weight excluding hydrogens is 355 g/mol. The van der Waals surface area contributed by atoms with E-state index in [-0.39, 0.29) is 23.3 Å². The van der Waals surface area contributed by atoms with Gasteiger partial charge in [-0.25, -0.2) is 4.39 Å². The fraction of sp³-hybridized carbons (Fsp3) is 0.444. The summed E-state index contributed by atoms with van der Waals surface area (Å²) >= 11 is 1.39. The molecule has 1 saturated heterocycles. The van der Waals surface area contributed by atoms with Crippen molar-refractivity contribution < 1.29 is 14.0 Å². The number of hydrogen-bond donors (Lipinski definition) is 1. The molecule has 0 atom stereocenters. The van der Waals surface area contributed by atoms with Crippen LogP contribution in [-0.4, -0.2) is 40.0 Å². The first-order valence-electron chi connectivity index (χ1n) is 8.75. The van der Waals surface area contributed by atoms with E-state index in [4.69, 9.17) is 0 Å². The number of hydrogen-bond acceptors (Lipinski definition) is 5. The van der Waals surface area contributed by atoms with Gasteiger partial charge in [-0.1, -0.05) is 30.4 Å². The van der Waals surface area contributed by atoms with Crippen molar-refractivity contribution in [1.29, 1.82) is 0 Å². The maximum absolute atomic E-state index is 13.8. The van der Waals surface area contributed by atoms with Crippen LogP contribution in [0.15, 0.2) is 24.3 Å². The number of piperidine rings is 1. The molecule has 2 heterocycles. The van der Waals surface area contributed by atoms with Gasteiger partial charge >= 0.3 is 0 Å². The fourth-order valence-corrected chi connectivity index (χ4v) is 3.82. The molecule has 0 bridgehead atoms. The van der Waals surface area contributed by atoms with Crippen LogP contribution in [0.4, 0.5) is 9.52 Å². The second-order valence-corrected chi connectivity index (χ2v) is 7.35. The largest absolute Gasteiger partial charge is 0.339 e. The molecular formula is C18H21FN4O2S. The van der Waals surface area contributed by atoms with E-state index in [1.807, 2.05) is 0 Å². The summed E-state index contributed by atoms with van der Waals surface area (Å²) in [6.07, 6.45) is 2.93. The van der Waals surface area contributed by atoms with Gasteiger partial charge in [0, 0.05) is 25.4 Å². The second-order valence-electron chi connectivity index (χ2n) is 6.29. The summed E-state index contributed by atoms with van der Waals surface area (Å²) in [6, 6.07) is 5.97. The highest BCUT2D eigenvalue weighted by atomic mass is 32.1. The van der Waals surface area contributed by atoms with E-state index in [1.165, 1.54) is 23.5 Å². The molecule has 0 aliphatic carbocycles. The highest BCUT2D eigenvalue weighted by molar-refractivity contribution is 7.15. The van der Waals surface area contributed by atoms with E-state index in [9.17, 15) is 14.0 Å². The first-order valence-corrected chi connectivity index (χ1v) is 9.57. The molecule has 1 fully saturated rings. The van der Waals surface area contributed by atoms with Crippen LogP contribution in [0.5, 0.6) is 0 Å². The number of halogens is 1. The molecule has 2 amide bonds. The van der Waals surface area contributed by atoms with Crippen molar-refractivity contribution in [3.05, 3.63) is 40.7 Å². The summed E-state index contributed by atoms with van der Waals surface area (Å²) in [6.45, 7) is 2.93. The third-order valence-electron chi connectivity index (χ3n) is 4.42. The molecule has 1 aliphatic rings. The van der Waals surface area contributed by atoms with Gasteiger partial charge in [0.15, 0.2) is 0 Å². The number of benzene rings is 1. The molecule has 1 aromatic carbocycles. The van der Waals surface area contributed by atoms with Crippen LogP contribution in [0.2, 0.25) is 0 Å². The molecule has 0 radical (unpaired) electrons. The third-order valence-corrected chi connectivity index (χ3v) is 5.32. The molecule has 0 saturated carbocycles. The highest BCUT2D eigenvalue weighted by Crippen LogP contribution is 2.23. The Hall–Kier alpha value is -2.35. The number of carbonyl (C=O) groups excluding carboxylic acids is 2. The summed E-state index contributed by atoms with van der Waals surface area (Å²) in [5.74, 6) is -1.12. The molecule has 1 aliphatic heterocycles. The molecule has 26 heavy (non-hydrogen) atoms. The second kappa shape index (κ2) is 8.35. The molecule has 138 valence electrons. The Bertz CT molecular complexity index is 787. The Morgan fingerprint density at radius 3 is 2.69 bits per heavy atom. The lowest BCUT2D eigenvalue weighted by atomic mass is 9.95. The number of carbonyl (C=O) groups is 2. The third kappa shape index (κ3) is 4.24. The number of rotatable bonds is 5. The van der Waals surface area contributed by atoms with Crippen molar-refractivity contribution in [2.75, 3.05) is 18.4 Å². The average Bonchev–Trinajstić information content (AvgIpc) is 3.09. The van der Waals surface area contributed by atoms with Crippen molar-refractivity contribution in [1.82, 2.24) is 15.1 Å². The van der Waals surface area contributed by atoms with E-state index in [1.54, 1.807) is 17.0 Å². The van der Waals surface area contributed by atoms with Crippen molar-refractivity contribution in [3.63, 3.8) is 0 Å². The average molecular weight is 376 g/mol. The van der Waals surface area contributed by atoms with Gasteiger partial charge in [-0.15, -0.1) is 10.2 Å². The minimum atomic E-state index is -0.517. The van der Waals surface area contributed by atoms with Gasteiger partial charge in [-0.3, -0.25) is 9.59 Å². The van der Waals surface area contributed by atoms with Crippen molar-refractivity contribution in [2.45, 2.75) is 32.6 Å². The molecule has 1 aromatic heterocycles. The van der Waals surface area contributed by atoms with Crippen LogP contribution < -0.4 is 5.32 Å². The summed E-state index contributed by atoms with van der Waals surface area (Å²) in [7, 11) is 0. The van der Waals surface area contributed by atoms with Crippen LogP contribution >= 0.6 is 11.3 Å². The van der Waals surface area contributed by atoms with Gasteiger partial charge in [0.2, 0.25) is 11.0 Å². The van der Waals surface area contributed by atoms with Gasteiger partial charge < -0.3 is 10.2 Å². The lowest BCUT2D eigenvalue weighted by molar-refractivity contribution is -0.121. The van der Waals surface area contributed by atoms with E-state index in [2.05, 4.69) is 22.4 Å². The zero-order valence-corrected chi connectivity index (χ0v) is 15.4.